The molecule has 2 aliphatic heterocycles. The van der Waals surface area contributed by atoms with Gasteiger partial charge in [0, 0.05) is 42.4 Å². The molecule has 11 heteroatoms. The predicted octanol–water partition coefficient (Wildman–Crippen LogP) is 5.20. The van der Waals surface area contributed by atoms with Crippen LogP contribution in [0.5, 0.6) is 5.88 Å². The molecule has 1 aromatic heterocycles. The maximum absolute atomic E-state index is 14.3. The number of sulfonamides is 1. The molecule has 2 aromatic carbocycles. The smallest absolute Gasteiger partial charge is 0.264 e. The number of carbonyl (C=O) groups excluding carboxylic acids is 1. The monoisotopic (exact) mass is 633 g/mol. The number of nitrogens with one attached hydrogen (secondary N) is 1. The zero-order valence-corrected chi connectivity index (χ0v) is 27.5. The van der Waals surface area contributed by atoms with Gasteiger partial charge in [0.25, 0.3) is 15.9 Å². The second-order valence-electron chi connectivity index (χ2n) is 12.8. The van der Waals surface area contributed by atoms with Crippen LogP contribution in [0.25, 0.3) is 11.3 Å². The zero-order chi connectivity index (χ0) is 31.9. The molecule has 1 amide bonds. The minimum Gasteiger partial charge on any atom is -0.475 e. The van der Waals surface area contributed by atoms with Crippen molar-refractivity contribution in [3.63, 3.8) is 0 Å². The maximum atomic E-state index is 14.3. The van der Waals surface area contributed by atoms with Gasteiger partial charge in [0.15, 0.2) is 0 Å². The van der Waals surface area contributed by atoms with Gasteiger partial charge >= 0.3 is 0 Å². The highest BCUT2D eigenvalue weighted by molar-refractivity contribution is 7.92. The summed E-state index contributed by atoms with van der Waals surface area (Å²) in [5.74, 6) is -0.0158. The molecule has 0 radical (unpaired) electrons. The Bertz CT molecular complexity index is 1640. The van der Waals surface area contributed by atoms with Gasteiger partial charge in [-0.1, -0.05) is 37.6 Å². The third-order valence-corrected chi connectivity index (χ3v) is 10.5. The van der Waals surface area contributed by atoms with E-state index in [0.29, 0.717) is 17.3 Å². The molecule has 3 aliphatic rings. The summed E-state index contributed by atoms with van der Waals surface area (Å²) in [7, 11) is -4.11. The molecule has 10 nitrogen and oxygen atoms in total. The summed E-state index contributed by atoms with van der Waals surface area (Å²) in [5.41, 5.74) is 3.80. The van der Waals surface area contributed by atoms with Gasteiger partial charge in [-0.25, -0.2) is 18.1 Å². The fourth-order valence-corrected chi connectivity index (χ4v) is 8.05. The highest BCUT2D eigenvalue weighted by Crippen LogP contribution is 2.36. The Morgan fingerprint density at radius 1 is 0.956 bits per heavy atom. The first-order valence-corrected chi connectivity index (χ1v) is 17.4. The molecule has 3 heterocycles. The van der Waals surface area contributed by atoms with Crippen molar-refractivity contribution >= 4 is 21.9 Å². The SMILES string of the molecule is CCC[C@@H]1COc2cc(-c3c(C)cccc3C)nc(n2)NS(=O)(=O)c2cccc(c2)C(=O)N1[C@H]1C[C@@H](N2C[C@@H](C)O[C@H](C)C2)C1. The van der Waals surface area contributed by atoms with E-state index in [1.54, 1.807) is 18.2 Å². The Morgan fingerprint density at radius 2 is 1.64 bits per heavy atom. The molecule has 4 bridgehead atoms. The molecule has 1 saturated heterocycles. The number of carbonyl (C=O) groups is 1. The highest BCUT2D eigenvalue weighted by Gasteiger charge is 2.43. The van der Waals surface area contributed by atoms with Crippen LogP contribution in [0, 0.1) is 13.8 Å². The summed E-state index contributed by atoms with van der Waals surface area (Å²) >= 11 is 0. The quantitative estimate of drug-likeness (QED) is 0.408. The van der Waals surface area contributed by atoms with Crippen molar-refractivity contribution in [2.45, 2.75) is 95.5 Å². The molecule has 240 valence electrons. The number of hydrogen-bond acceptors (Lipinski definition) is 8. The summed E-state index contributed by atoms with van der Waals surface area (Å²) in [6.07, 6.45) is 3.62. The topological polar surface area (TPSA) is 114 Å². The van der Waals surface area contributed by atoms with Gasteiger partial charge in [-0.3, -0.25) is 9.69 Å². The molecule has 0 spiro atoms. The molecule has 1 aliphatic carbocycles. The van der Waals surface area contributed by atoms with E-state index in [1.165, 1.54) is 12.1 Å². The largest absolute Gasteiger partial charge is 0.475 e. The minimum absolute atomic E-state index is 0.00534. The lowest BCUT2D eigenvalue weighted by molar-refractivity contribution is -0.100. The van der Waals surface area contributed by atoms with Crippen LogP contribution in [-0.4, -0.2) is 84.1 Å². The van der Waals surface area contributed by atoms with Crippen molar-refractivity contribution in [2.24, 2.45) is 0 Å². The Morgan fingerprint density at radius 3 is 2.33 bits per heavy atom. The third-order valence-electron chi connectivity index (χ3n) is 9.18. The number of benzene rings is 2. The number of fused-ring (bicyclic) bond motifs is 4. The average Bonchev–Trinajstić information content (AvgIpc) is 2.95. The van der Waals surface area contributed by atoms with Crippen LogP contribution in [0.4, 0.5) is 5.95 Å². The molecular weight excluding hydrogens is 590 g/mol. The lowest BCUT2D eigenvalue weighted by Gasteiger charge is -2.51. The minimum atomic E-state index is -4.11. The van der Waals surface area contributed by atoms with Gasteiger partial charge in [0.05, 0.1) is 28.8 Å². The Balaban J connectivity index is 1.39. The van der Waals surface area contributed by atoms with E-state index < -0.39 is 10.0 Å². The molecule has 45 heavy (non-hydrogen) atoms. The molecule has 3 atom stereocenters. The number of amides is 1. The van der Waals surface area contributed by atoms with Crippen LogP contribution < -0.4 is 9.46 Å². The normalized spacial score (nSPS) is 26.8. The average molecular weight is 634 g/mol. The van der Waals surface area contributed by atoms with Crippen LogP contribution in [-0.2, 0) is 14.8 Å². The van der Waals surface area contributed by atoms with Gasteiger partial charge < -0.3 is 14.4 Å². The van der Waals surface area contributed by atoms with Gasteiger partial charge in [-0.05, 0) is 76.3 Å². The van der Waals surface area contributed by atoms with Crippen molar-refractivity contribution < 1.29 is 22.7 Å². The number of anilines is 1. The van der Waals surface area contributed by atoms with E-state index in [1.807, 2.05) is 36.9 Å². The lowest BCUT2D eigenvalue weighted by Crippen LogP contribution is -2.61. The van der Waals surface area contributed by atoms with Gasteiger partial charge in [0.2, 0.25) is 11.8 Å². The summed E-state index contributed by atoms with van der Waals surface area (Å²) in [4.78, 5) is 27.8. The second kappa shape index (κ2) is 12.7. The Kier molecular flexibility index (Phi) is 8.87. The van der Waals surface area contributed by atoms with Crippen LogP contribution >= 0.6 is 0 Å². The summed E-state index contributed by atoms with van der Waals surface area (Å²) < 4.78 is 42.1. The molecule has 1 saturated carbocycles. The maximum Gasteiger partial charge on any atom is 0.264 e. The number of ether oxygens (including phenoxy) is 2. The van der Waals surface area contributed by atoms with E-state index in [2.05, 4.69) is 40.4 Å². The van der Waals surface area contributed by atoms with Crippen molar-refractivity contribution in [1.82, 2.24) is 19.8 Å². The molecule has 1 N–H and O–H groups in total. The van der Waals surface area contributed by atoms with E-state index >= 15 is 0 Å². The molecule has 3 aromatic rings. The fourth-order valence-electron chi connectivity index (χ4n) is 7.06. The zero-order valence-electron chi connectivity index (χ0n) is 26.7. The fraction of sp³-hybridized carbons (Fsp3) is 0.500. The van der Waals surface area contributed by atoms with Gasteiger partial charge in [0.1, 0.15) is 6.61 Å². The number of aromatic nitrogens is 2. The number of nitrogens with zero attached hydrogens (tertiary/aromatic N) is 4. The van der Waals surface area contributed by atoms with Crippen LogP contribution in [0.1, 0.15) is 67.9 Å². The summed E-state index contributed by atoms with van der Waals surface area (Å²) in [6.45, 7) is 12.3. The number of hydrogen-bond donors (Lipinski definition) is 1. The van der Waals surface area contributed by atoms with Gasteiger partial charge in [-0.2, -0.15) is 4.98 Å². The van der Waals surface area contributed by atoms with E-state index in [9.17, 15) is 13.2 Å². The van der Waals surface area contributed by atoms with Crippen molar-refractivity contribution in [3.05, 3.63) is 65.2 Å². The van der Waals surface area contributed by atoms with E-state index in [-0.39, 0.29) is 53.5 Å². The van der Waals surface area contributed by atoms with Crippen molar-refractivity contribution in [3.8, 4) is 17.1 Å². The van der Waals surface area contributed by atoms with E-state index in [0.717, 1.165) is 55.5 Å². The van der Waals surface area contributed by atoms with Crippen molar-refractivity contribution in [2.75, 3.05) is 24.4 Å². The predicted molar refractivity (Wildman–Crippen MR) is 173 cm³/mol. The summed E-state index contributed by atoms with van der Waals surface area (Å²) in [5, 5.41) is 0. The standard InChI is InChI=1S/C34H43N5O5S/c1-6-9-26-20-43-31-17-30(32-21(2)10-7-11-22(32)3)35-34(36-31)37-45(41,42)29-13-8-12-25(14-29)33(40)39(26)28-15-27(16-28)38-18-23(4)44-24(5)19-38/h7-8,10-14,17,23-24,26-28H,6,9,15-16,18-20H2,1-5H3,(H,35,36,37)/t23-,24-,26-,27-,28+/m1/s1. The Labute approximate surface area is 266 Å². The first-order valence-electron chi connectivity index (χ1n) is 16.0. The second-order valence-corrected chi connectivity index (χ2v) is 14.5. The molecule has 6 rings (SSSR count). The summed E-state index contributed by atoms with van der Waals surface area (Å²) in [6, 6.07) is 14.1. The molecule has 2 fully saturated rings. The number of rotatable bonds is 5. The van der Waals surface area contributed by atoms with Crippen LogP contribution in [0.15, 0.2) is 53.4 Å². The number of morpholine rings is 1. The third kappa shape index (κ3) is 6.57. The van der Waals surface area contributed by atoms with Crippen LogP contribution in [0.3, 0.4) is 0 Å². The van der Waals surface area contributed by atoms with Crippen molar-refractivity contribution in [1.29, 1.82) is 0 Å². The molecule has 0 unspecified atom stereocenters. The van der Waals surface area contributed by atoms with Crippen LogP contribution in [0.2, 0.25) is 0 Å². The first-order chi connectivity index (χ1) is 21.5. The Hall–Kier alpha value is -3.54. The first kappa shape index (κ1) is 31.4. The highest BCUT2D eigenvalue weighted by atomic mass is 32.2. The molecular formula is C34H43N5O5S. The number of aryl methyl sites for hydroxylation is 2. The van der Waals surface area contributed by atoms with E-state index in [4.69, 9.17) is 9.47 Å². The lowest BCUT2D eigenvalue weighted by atomic mass is 9.82. The van der Waals surface area contributed by atoms with Gasteiger partial charge in [-0.15, -0.1) is 0 Å².